The maximum absolute atomic E-state index is 12.4. The van der Waals surface area contributed by atoms with Gasteiger partial charge in [-0.15, -0.1) is 0 Å². The molecular formula is C20H19N3O5. The predicted molar refractivity (Wildman–Crippen MR) is 99.0 cm³/mol. The number of Topliss-reactive ketones (excluding diaryl/α,β-unsaturated/α-hetero) is 1. The lowest BCUT2D eigenvalue weighted by atomic mass is 10.1. The lowest BCUT2D eigenvalue weighted by molar-refractivity contribution is -0.121. The smallest absolute Gasteiger partial charge is 0.407 e. The largest absolute Gasteiger partial charge is 0.484 e. The summed E-state index contributed by atoms with van der Waals surface area (Å²) >= 11 is 0. The summed E-state index contributed by atoms with van der Waals surface area (Å²) in [7, 11) is 0. The Bertz CT molecular complexity index is 915. The standard InChI is InChI=1S/C20H19N3O5/c24-15-9-16-17(27-12-15)6-7-18(22-16)23-10-14(8-19(23)25)21-20(26)28-11-13-4-2-1-3-5-13/h1-7,14H,8-12H2,(H,21,26). The second kappa shape index (κ2) is 7.67. The minimum Gasteiger partial charge on any atom is -0.484 e. The van der Waals surface area contributed by atoms with Crippen molar-refractivity contribution in [3.05, 3.63) is 53.7 Å². The Morgan fingerprint density at radius 2 is 2.04 bits per heavy atom. The summed E-state index contributed by atoms with van der Waals surface area (Å²) in [5.41, 5.74) is 1.41. The van der Waals surface area contributed by atoms with Gasteiger partial charge >= 0.3 is 6.09 Å². The summed E-state index contributed by atoms with van der Waals surface area (Å²) in [6, 6.07) is 12.4. The number of nitrogens with zero attached hydrogens (tertiary/aromatic N) is 2. The fourth-order valence-corrected chi connectivity index (χ4v) is 3.24. The number of hydrogen-bond donors (Lipinski definition) is 1. The molecule has 2 amide bonds. The number of pyridine rings is 1. The molecule has 1 fully saturated rings. The van der Waals surface area contributed by atoms with Gasteiger partial charge in [-0.2, -0.15) is 0 Å². The maximum Gasteiger partial charge on any atom is 0.407 e. The van der Waals surface area contributed by atoms with Gasteiger partial charge in [-0.1, -0.05) is 30.3 Å². The van der Waals surface area contributed by atoms with Crippen molar-refractivity contribution in [3.8, 4) is 5.75 Å². The number of anilines is 1. The number of alkyl carbamates (subject to hydrolysis) is 1. The van der Waals surface area contributed by atoms with E-state index in [9.17, 15) is 14.4 Å². The molecule has 2 aliphatic heterocycles. The Balaban J connectivity index is 1.35. The first-order valence-corrected chi connectivity index (χ1v) is 9.00. The average Bonchev–Trinajstić information content (AvgIpc) is 3.06. The zero-order valence-electron chi connectivity index (χ0n) is 15.1. The Kier molecular flexibility index (Phi) is 4.92. The summed E-state index contributed by atoms with van der Waals surface area (Å²) in [6.45, 7) is 0.505. The SMILES string of the molecule is O=C1COc2ccc(N3CC(NC(=O)OCc4ccccc4)CC3=O)nc2C1. The minimum absolute atomic E-state index is 0.0494. The molecule has 2 aliphatic rings. The molecule has 1 unspecified atom stereocenters. The molecule has 0 aliphatic carbocycles. The second-order valence-electron chi connectivity index (χ2n) is 6.73. The summed E-state index contributed by atoms with van der Waals surface area (Å²) in [5.74, 6) is 0.813. The van der Waals surface area contributed by atoms with Crippen molar-refractivity contribution in [3.63, 3.8) is 0 Å². The summed E-state index contributed by atoms with van der Waals surface area (Å²) in [4.78, 5) is 41.8. The van der Waals surface area contributed by atoms with Crippen molar-refractivity contribution in [2.75, 3.05) is 18.1 Å². The van der Waals surface area contributed by atoms with E-state index in [2.05, 4.69) is 10.3 Å². The van der Waals surface area contributed by atoms with Gasteiger partial charge in [0.2, 0.25) is 5.91 Å². The molecule has 0 spiro atoms. The van der Waals surface area contributed by atoms with Crippen LogP contribution < -0.4 is 15.0 Å². The first kappa shape index (κ1) is 18.0. The number of nitrogens with one attached hydrogen (secondary N) is 1. The lowest BCUT2D eigenvalue weighted by Gasteiger charge is -2.20. The van der Waals surface area contributed by atoms with Gasteiger partial charge in [0.1, 0.15) is 24.8 Å². The summed E-state index contributed by atoms with van der Waals surface area (Å²) in [6.07, 6.45) is -0.214. The fourth-order valence-electron chi connectivity index (χ4n) is 3.24. The number of aromatic nitrogens is 1. The van der Waals surface area contributed by atoms with Crippen LogP contribution in [0.2, 0.25) is 0 Å². The number of fused-ring (bicyclic) bond motifs is 1. The molecule has 8 nitrogen and oxygen atoms in total. The van der Waals surface area contributed by atoms with Gasteiger partial charge in [0.05, 0.1) is 18.2 Å². The van der Waals surface area contributed by atoms with Crippen LogP contribution in [0.3, 0.4) is 0 Å². The second-order valence-corrected chi connectivity index (χ2v) is 6.73. The lowest BCUT2D eigenvalue weighted by Crippen LogP contribution is -2.37. The molecule has 1 atom stereocenters. The van der Waals surface area contributed by atoms with Gasteiger partial charge in [0.15, 0.2) is 5.78 Å². The van der Waals surface area contributed by atoms with Gasteiger partial charge < -0.3 is 14.8 Å². The Hall–Kier alpha value is -3.42. The molecule has 3 heterocycles. The Labute approximate surface area is 161 Å². The Morgan fingerprint density at radius 1 is 1.21 bits per heavy atom. The van der Waals surface area contributed by atoms with Crippen LogP contribution in [-0.2, 0) is 27.4 Å². The van der Waals surface area contributed by atoms with Gasteiger partial charge in [0.25, 0.3) is 0 Å². The highest BCUT2D eigenvalue weighted by Gasteiger charge is 2.33. The van der Waals surface area contributed by atoms with Crippen LogP contribution in [0, 0.1) is 0 Å². The number of carbonyl (C=O) groups excluding carboxylic acids is 3. The average molecular weight is 381 g/mol. The molecule has 1 N–H and O–H groups in total. The van der Waals surface area contributed by atoms with Crippen molar-refractivity contribution < 1.29 is 23.9 Å². The number of ether oxygens (including phenoxy) is 2. The normalized spacial score (nSPS) is 18.4. The van der Waals surface area contributed by atoms with E-state index in [0.29, 0.717) is 23.8 Å². The van der Waals surface area contributed by atoms with Crippen LogP contribution in [0.25, 0.3) is 0 Å². The maximum atomic E-state index is 12.4. The molecule has 1 aromatic heterocycles. The molecule has 0 bridgehead atoms. The first-order valence-electron chi connectivity index (χ1n) is 9.00. The van der Waals surface area contributed by atoms with Crippen LogP contribution >= 0.6 is 0 Å². The van der Waals surface area contributed by atoms with Crippen LogP contribution in [-0.4, -0.2) is 42.0 Å². The van der Waals surface area contributed by atoms with Gasteiger partial charge in [0, 0.05) is 13.0 Å². The van der Waals surface area contributed by atoms with Crippen LogP contribution in [0.15, 0.2) is 42.5 Å². The van der Waals surface area contributed by atoms with Crippen LogP contribution in [0.1, 0.15) is 17.7 Å². The number of carbonyl (C=O) groups is 3. The van der Waals surface area contributed by atoms with E-state index in [4.69, 9.17) is 9.47 Å². The van der Waals surface area contributed by atoms with Crippen molar-refractivity contribution in [1.29, 1.82) is 0 Å². The van der Waals surface area contributed by atoms with Gasteiger partial charge in [-0.25, -0.2) is 9.78 Å². The van der Waals surface area contributed by atoms with E-state index < -0.39 is 6.09 Å². The molecule has 2 aromatic rings. The third-order valence-electron chi connectivity index (χ3n) is 4.61. The number of hydrogen-bond acceptors (Lipinski definition) is 6. The highest BCUT2D eigenvalue weighted by molar-refractivity contribution is 5.96. The number of ketones is 1. The summed E-state index contributed by atoms with van der Waals surface area (Å²) in [5, 5.41) is 2.72. The zero-order valence-corrected chi connectivity index (χ0v) is 15.1. The highest BCUT2D eigenvalue weighted by atomic mass is 16.5. The van der Waals surface area contributed by atoms with Crippen molar-refractivity contribution in [1.82, 2.24) is 10.3 Å². The number of benzene rings is 1. The molecular weight excluding hydrogens is 362 g/mol. The van der Waals surface area contributed by atoms with Crippen LogP contribution in [0.4, 0.5) is 10.6 Å². The minimum atomic E-state index is -0.569. The molecule has 28 heavy (non-hydrogen) atoms. The molecule has 144 valence electrons. The Morgan fingerprint density at radius 3 is 2.86 bits per heavy atom. The highest BCUT2D eigenvalue weighted by Crippen LogP contribution is 2.27. The third kappa shape index (κ3) is 3.95. The quantitative estimate of drug-likeness (QED) is 0.864. The number of rotatable bonds is 4. The molecule has 8 heteroatoms. The monoisotopic (exact) mass is 381 g/mol. The predicted octanol–water partition coefficient (Wildman–Crippen LogP) is 1.62. The van der Waals surface area contributed by atoms with E-state index in [1.54, 1.807) is 12.1 Å². The van der Waals surface area contributed by atoms with Crippen molar-refractivity contribution in [2.45, 2.75) is 25.5 Å². The topological polar surface area (TPSA) is 97.8 Å². The van der Waals surface area contributed by atoms with E-state index in [-0.39, 0.29) is 43.8 Å². The van der Waals surface area contributed by atoms with Gasteiger partial charge in [-0.3, -0.25) is 14.5 Å². The summed E-state index contributed by atoms with van der Waals surface area (Å²) < 4.78 is 10.5. The third-order valence-corrected chi connectivity index (χ3v) is 4.61. The van der Waals surface area contributed by atoms with Crippen molar-refractivity contribution in [2.24, 2.45) is 0 Å². The van der Waals surface area contributed by atoms with E-state index in [0.717, 1.165) is 5.56 Å². The molecule has 1 saturated heterocycles. The van der Waals surface area contributed by atoms with Gasteiger partial charge in [-0.05, 0) is 17.7 Å². The van der Waals surface area contributed by atoms with E-state index >= 15 is 0 Å². The van der Waals surface area contributed by atoms with E-state index in [1.807, 2.05) is 30.3 Å². The number of amides is 2. The molecule has 1 aromatic carbocycles. The molecule has 0 radical (unpaired) electrons. The first-order chi connectivity index (χ1) is 13.6. The molecule has 0 saturated carbocycles. The zero-order chi connectivity index (χ0) is 19.5. The molecule has 4 rings (SSSR count). The van der Waals surface area contributed by atoms with Crippen LogP contribution in [0.5, 0.6) is 5.75 Å². The fraction of sp³-hybridized carbons (Fsp3) is 0.300. The van der Waals surface area contributed by atoms with Crippen molar-refractivity contribution >= 4 is 23.6 Å². The van der Waals surface area contributed by atoms with E-state index in [1.165, 1.54) is 4.90 Å².